The highest BCUT2D eigenvalue weighted by molar-refractivity contribution is 7.92. The molecule has 6 nitrogen and oxygen atoms in total. The van der Waals surface area contributed by atoms with Gasteiger partial charge in [-0.3, -0.25) is 4.98 Å². The SMILES string of the molecule is O=C(NC1CCCC1)N1CC=C(C2=CCc3ncc(-c4ccc(S(=O)(=O)C5CC5)cc4)cc32)CC1. The van der Waals surface area contributed by atoms with Gasteiger partial charge in [-0.2, -0.15) is 0 Å². The van der Waals surface area contributed by atoms with Crippen LogP contribution in [0.5, 0.6) is 0 Å². The van der Waals surface area contributed by atoms with Crippen LogP contribution in [0.25, 0.3) is 16.7 Å². The summed E-state index contributed by atoms with van der Waals surface area (Å²) < 4.78 is 25.0. The number of urea groups is 1. The molecule has 4 aliphatic rings. The zero-order valence-electron chi connectivity index (χ0n) is 19.9. The fourth-order valence-electron chi connectivity index (χ4n) is 5.50. The summed E-state index contributed by atoms with van der Waals surface area (Å²) in [5.41, 5.74) is 6.66. The molecule has 35 heavy (non-hydrogen) atoms. The number of fused-ring (bicyclic) bond motifs is 1. The second-order valence-electron chi connectivity index (χ2n) is 10.2. The monoisotopic (exact) mass is 489 g/mol. The molecule has 1 aromatic heterocycles. The third kappa shape index (κ3) is 4.42. The lowest BCUT2D eigenvalue weighted by molar-refractivity contribution is 0.198. The maximum atomic E-state index is 12.6. The predicted molar refractivity (Wildman–Crippen MR) is 137 cm³/mol. The van der Waals surface area contributed by atoms with E-state index in [4.69, 9.17) is 4.98 Å². The first-order valence-electron chi connectivity index (χ1n) is 12.8. The van der Waals surface area contributed by atoms with Gasteiger partial charge in [0.2, 0.25) is 0 Å². The second kappa shape index (κ2) is 8.94. The number of hydrogen-bond donors (Lipinski definition) is 1. The highest BCUT2D eigenvalue weighted by Crippen LogP contribution is 2.38. The number of sulfone groups is 1. The number of carbonyl (C=O) groups excluding carboxylic acids is 1. The molecule has 2 heterocycles. The van der Waals surface area contributed by atoms with Gasteiger partial charge >= 0.3 is 6.03 Å². The Morgan fingerprint density at radius 3 is 2.46 bits per heavy atom. The third-order valence-electron chi connectivity index (χ3n) is 7.76. The van der Waals surface area contributed by atoms with Crippen molar-refractivity contribution in [3.63, 3.8) is 0 Å². The fourth-order valence-corrected chi connectivity index (χ4v) is 7.16. The van der Waals surface area contributed by atoms with E-state index in [9.17, 15) is 13.2 Å². The van der Waals surface area contributed by atoms with Crippen molar-refractivity contribution in [2.24, 2.45) is 0 Å². The smallest absolute Gasteiger partial charge is 0.317 e. The van der Waals surface area contributed by atoms with E-state index in [0.29, 0.717) is 17.5 Å². The highest BCUT2D eigenvalue weighted by atomic mass is 32.2. The molecule has 2 aromatic rings. The number of nitrogens with one attached hydrogen (secondary N) is 1. The maximum Gasteiger partial charge on any atom is 0.317 e. The van der Waals surface area contributed by atoms with Gasteiger partial charge in [-0.25, -0.2) is 13.2 Å². The first-order chi connectivity index (χ1) is 17.0. The Balaban J connectivity index is 1.17. The van der Waals surface area contributed by atoms with Crippen LogP contribution in [0.2, 0.25) is 0 Å². The van der Waals surface area contributed by atoms with E-state index in [-0.39, 0.29) is 11.3 Å². The molecule has 2 fully saturated rings. The molecule has 0 atom stereocenters. The number of rotatable bonds is 5. The molecular formula is C28H31N3O3S. The van der Waals surface area contributed by atoms with E-state index in [2.05, 4.69) is 23.5 Å². The summed E-state index contributed by atoms with van der Waals surface area (Å²) >= 11 is 0. The molecule has 0 bridgehead atoms. The second-order valence-corrected chi connectivity index (χ2v) is 12.4. The molecule has 1 aliphatic heterocycles. The Labute approximate surface area is 207 Å². The summed E-state index contributed by atoms with van der Waals surface area (Å²) in [6.45, 7) is 1.35. The fraction of sp³-hybridized carbons (Fsp3) is 0.429. The van der Waals surface area contributed by atoms with Crippen molar-refractivity contribution >= 4 is 21.4 Å². The zero-order chi connectivity index (χ0) is 24.0. The third-order valence-corrected chi connectivity index (χ3v) is 10.0. The maximum absolute atomic E-state index is 12.6. The van der Waals surface area contributed by atoms with Gasteiger partial charge in [0.25, 0.3) is 0 Å². The molecule has 1 N–H and O–H groups in total. The summed E-state index contributed by atoms with van der Waals surface area (Å²) in [6, 6.07) is 9.79. The number of benzene rings is 1. The summed E-state index contributed by atoms with van der Waals surface area (Å²) in [5.74, 6) is 0. The molecule has 182 valence electrons. The van der Waals surface area contributed by atoms with E-state index < -0.39 is 9.84 Å². The summed E-state index contributed by atoms with van der Waals surface area (Å²) in [5, 5.41) is 2.99. The minimum absolute atomic E-state index is 0.0594. The lowest BCUT2D eigenvalue weighted by Gasteiger charge is -2.28. The number of allylic oxidation sites excluding steroid dienone is 2. The van der Waals surface area contributed by atoms with E-state index in [1.165, 1.54) is 24.0 Å². The Hall–Kier alpha value is -2.93. The molecule has 1 aromatic carbocycles. The van der Waals surface area contributed by atoms with Crippen LogP contribution in [0.1, 0.15) is 56.2 Å². The Kier molecular flexibility index (Phi) is 5.75. The Bertz CT molecular complexity index is 1320. The molecule has 0 unspecified atom stereocenters. The predicted octanol–water partition coefficient (Wildman–Crippen LogP) is 4.91. The van der Waals surface area contributed by atoms with Crippen molar-refractivity contribution in [2.75, 3.05) is 13.1 Å². The van der Waals surface area contributed by atoms with E-state index in [1.54, 1.807) is 12.1 Å². The van der Waals surface area contributed by atoms with Crippen LogP contribution in [0.15, 0.2) is 59.1 Å². The van der Waals surface area contributed by atoms with Gasteiger partial charge < -0.3 is 10.2 Å². The number of nitrogens with zero attached hydrogens (tertiary/aromatic N) is 2. The molecule has 3 aliphatic carbocycles. The van der Waals surface area contributed by atoms with Crippen molar-refractivity contribution < 1.29 is 13.2 Å². The van der Waals surface area contributed by atoms with E-state index >= 15 is 0 Å². The summed E-state index contributed by atoms with van der Waals surface area (Å²) in [4.78, 5) is 19.7. The van der Waals surface area contributed by atoms with Crippen molar-refractivity contribution in [2.45, 2.75) is 67.6 Å². The minimum atomic E-state index is -3.18. The first-order valence-corrected chi connectivity index (χ1v) is 14.3. The summed E-state index contributed by atoms with van der Waals surface area (Å²) in [7, 11) is -3.18. The average Bonchev–Trinajstić information content (AvgIpc) is 3.48. The number of hydrogen-bond acceptors (Lipinski definition) is 4. The van der Waals surface area contributed by atoms with Crippen LogP contribution in [-0.2, 0) is 16.3 Å². The van der Waals surface area contributed by atoms with E-state index in [0.717, 1.165) is 67.5 Å². The normalized spacial score (nSPS) is 20.4. The summed E-state index contributed by atoms with van der Waals surface area (Å²) in [6.07, 6.45) is 14.1. The van der Waals surface area contributed by atoms with Crippen molar-refractivity contribution in [1.29, 1.82) is 0 Å². The minimum Gasteiger partial charge on any atom is -0.335 e. The van der Waals surface area contributed by atoms with Crippen molar-refractivity contribution in [3.8, 4) is 11.1 Å². The van der Waals surface area contributed by atoms with Gasteiger partial charge in [0.15, 0.2) is 9.84 Å². The Morgan fingerprint density at radius 1 is 1.00 bits per heavy atom. The van der Waals surface area contributed by atoms with Crippen LogP contribution >= 0.6 is 0 Å². The quantitative estimate of drug-likeness (QED) is 0.647. The number of pyridine rings is 1. The molecule has 0 saturated heterocycles. The van der Waals surface area contributed by atoms with Gasteiger partial charge in [0.1, 0.15) is 0 Å². The van der Waals surface area contributed by atoms with Crippen LogP contribution in [0, 0.1) is 0 Å². The number of aromatic nitrogens is 1. The van der Waals surface area contributed by atoms with Crippen LogP contribution in [0.4, 0.5) is 4.79 Å². The van der Waals surface area contributed by atoms with Crippen molar-refractivity contribution in [3.05, 3.63) is 65.5 Å². The molecule has 6 rings (SSSR count). The van der Waals surface area contributed by atoms with Gasteiger partial charge in [0, 0.05) is 42.9 Å². The standard InChI is InChI=1S/C28H31N3O3S/c32-28(30-22-3-1-2-4-22)31-15-13-20(14-16-31)25-11-12-27-26(25)17-21(18-29-27)19-5-7-23(8-6-19)35(33,34)24-9-10-24/h5-8,11,13,17-18,22,24H,1-4,9-10,12,14-16H2,(H,30,32). The van der Waals surface area contributed by atoms with E-state index in [1.807, 2.05) is 23.2 Å². The lowest BCUT2D eigenvalue weighted by Crippen LogP contribution is -2.45. The lowest BCUT2D eigenvalue weighted by atomic mass is 9.94. The van der Waals surface area contributed by atoms with Crippen LogP contribution < -0.4 is 5.32 Å². The first kappa shape index (κ1) is 22.5. The van der Waals surface area contributed by atoms with Gasteiger partial charge in [0.05, 0.1) is 15.8 Å². The van der Waals surface area contributed by atoms with Gasteiger partial charge in [-0.15, -0.1) is 0 Å². The van der Waals surface area contributed by atoms with Gasteiger partial charge in [-0.1, -0.05) is 37.1 Å². The number of carbonyl (C=O) groups is 1. The molecule has 2 amide bonds. The molecule has 7 heteroatoms. The van der Waals surface area contributed by atoms with Crippen LogP contribution in [0.3, 0.4) is 0 Å². The zero-order valence-corrected chi connectivity index (χ0v) is 20.7. The molecule has 0 spiro atoms. The largest absolute Gasteiger partial charge is 0.335 e. The Morgan fingerprint density at radius 2 is 1.77 bits per heavy atom. The number of amides is 2. The molecule has 2 saturated carbocycles. The van der Waals surface area contributed by atoms with Crippen LogP contribution in [-0.4, -0.2) is 48.7 Å². The van der Waals surface area contributed by atoms with Gasteiger partial charge in [-0.05, 0) is 67.0 Å². The average molecular weight is 490 g/mol. The highest BCUT2D eigenvalue weighted by Gasteiger charge is 2.36. The molecular weight excluding hydrogens is 458 g/mol. The topological polar surface area (TPSA) is 79.4 Å². The molecule has 0 radical (unpaired) electrons. The van der Waals surface area contributed by atoms with Crippen molar-refractivity contribution in [1.82, 2.24) is 15.2 Å².